The second kappa shape index (κ2) is 5.24. The van der Waals surface area contributed by atoms with Gasteiger partial charge in [-0.1, -0.05) is 30.0 Å². The van der Waals surface area contributed by atoms with Crippen molar-refractivity contribution in [2.45, 2.75) is 18.6 Å². The highest BCUT2D eigenvalue weighted by atomic mass is 32.2. The molecule has 116 valence electrons. The number of aromatic nitrogens is 4. The SMILES string of the molecule is Cc1[nH]c2ccccc2c1C(=O)C(=O)Nc1nnc2n1CCS2. The Bertz CT molecular complexity index is 943. The van der Waals surface area contributed by atoms with Crippen molar-refractivity contribution < 1.29 is 9.59 Å². The molecule has 3 heterocycles. The molecule has 4 rings (SSSR count). The molecule has 23 heavy (non-hydrogen) atoms. The number of carbonyl (C=O) groups is 2. The van der Waals surface area contributed by atoms with Crippen LogP contribution in [0.25, 0.3) is 10.9 Å². The number of anilines is 1. The van der Waals surface area contributed by atoms with Crippen LogP contribution in [0.2, 0.25) is 0 Å². The lowest BCUT2D eigenvalue weighted by molar-refractivity contribution is -0.112. The number of carbonyl (C=O) groups excluding carboxylic acids is 2. The second-order valence-corrected chi connectivity index (χ2v) is 6.32. The molecule has 8 heteroatoms. The third-order valence-corrected chi connectivity index (χ3v) is 4.76. The van der Waals surface area contributed by atoms with Crippen molar-refractivity contribution in [1.29, 1.82) is 0 Å². The van der Waals surface area contributed by atoms with Crippen molar-refractivity contribution in [3.05, 3.63) is 35.5 Å². The molecule has 0 bridgehead atoms. The molecule has 1 aliphatic rings. The average molecular weight is 327 g/mol. The van der Waals surface area contributed by atoms with E-state index in [2.05, 4.69) is 20.5 Å². The molecular formula is C15H13N5O2S. The van der Waals surface area contributed by atoms with E-state index in [1.807, 2.05) is 24.3 Å². The first kappa shape index (κ1) is 14.0. The number of thioether (sulfide) groups is 1. The Hall–Kier alpha value is -2.61. The van der Waals surface area contributed by atoms with Crippen LogP contribution in [0.1, 0.15) is 16.1 Å². The smallest absolute Gasteiger partial charge is 0.299 e. The number of nitrogens with zero attached hydrogens (tertiary/aromatic N) is 3. The number of nitrogens with one attached hydrogen (secondary N) is 2. The van der Waals surface area contributed by atoms with Gasteiger partial charge in [-0.05, 0) is 13.0 Å². The molecule has 0 atom stereocenters. The largest absolute Gasteiger partial charge is 0.358 e. The van der Waals surface area contributed by atoms with E-state index in [1.165, 1.54) is 0 Å². The van der Waals surface area contributed by atoms with Crippen molar-refractivity contribution in [2.24, 2.45) is 0 Å². The van der Waals surface area contributed by atoms with E-state index in [-0.39, 0.29) is 0 Å². The molecule has 2 aromatic heterocycles. The summed E-state index contributed by atoms with van der Waals surface area (Å²) in [7, 11) is 0. The lowest BCUT2D eigenvalue weighted by Crippen LogP contribution is -2.25. The third-order valence-electron chi connectivity index (χ3n) is 3.82. The van der Waals surface area contributed by atoms with Crippen molar-refractivity contribution in [3.8, 4) is 0 Å². The van der Waals surface area contributed by atoms with Crippen LogP contribution in [0.5, 0.6) is 0 Å². The average Bonchev–Trinajstić information content (AvgIpc) is 3.21. The number of H-pyrrole nitrogens is 1. The number of Topliss-reactive ketones (excluding diaryl/α,β-unsaturated/α-hetero) is 1. The van der Waals surface area contributed by atoms with Crippen LogP contribution in [-0.2, 0) is 11.3 Å². The zero-order valence-corrected chi connectivity index (χ0v) is 13.1. The summed E-state index contributed by atoms with van der Waals surface area (Å²) < 4.78 is 1.80. The van der Waals surface area contributed by atoms with E-state index in [0.717, 1.165) is 28.4 Å². The van der Waals surface area contributed by atoms with Crippen LogP contribution in [0.4, 0.5) is 5.95 Å². The van der Waals surface area contributed by atoms with Gasteiger partial charge in [0, 0.05) is 28.9 Å². The van der Waals surface area contributed by atoms with E-state index >= 15 is 0 Å². The summed E-state index contributed by atoms with van der Waals surface area (Å²) in [6.07, 6.45) is 0. The monoisotopic (exact) mass is 327 g/mol. The van der Waals surface area contributed by atoms with Gasteiger partial charge in [-0.3, -0.25) is 19.5 Å². The lowest BCUT2D eigenvalue weighted by Gasteiger charge is -2.04. The fourth-order valence-corrected chi connectivity index (χ4v) is 3.65. The van der Waals surface area contributed by atoms with Gasteiger partial charge in [0.05, 0.1) is 5.56 Å². The van der Waals surface area contributed by atoms with E-state index in [4.69, 9.17) is 0 Å². The van der Waals surface area contributed by atoms with Crippen LogP contribution < -0.4 is 5.32 Å². The van der Waals surface area contributed by atoms with Gasteiger partial charge in [-0.15, -0.1) is 10.2 Å². The maximum Gasteiger partial charge on any atom is 0.299 e. The number of hydrogen-bond donors (Lipinski definition) is 2. The highest BCUT2D eigenvalue weighted by Crippen LogP contribution is 2.27. The van der Waals surface area contributed by atoms with Gasteiger partial charge < -0.3 is 4.98 Å². The molecule has 0 spiro atoms. The zero-order chi connectivity index (χ0) is 16.0. The highest BCUT2D eigenvalue weighted by molar-refractivity contribution is 7.99. The maximum atomic E-state index is 12.6. The summed E-state index contributed by atoms with van der Waals surface area (Å²) in [5.41, 5.74) is 1.91. The summed E-state index contributed by atoms with van der Waals surface area (Å²) in [5.74, 6) is -0.0720. The minimum Gasteiger partial charge on any atom is -0.358 e. The first-order valence-corrected chi connectivity index (χ1v) is 8.12. The molecule has 1 aromatic carbocycles. The molecule has 0 aliphatic carbocycles. The number of benzene rings is 1. The number of fused-ring (bicyclic) bond motifs is 2. The summed E-state index contributed by atoms with van der Waals surface area (Å²) in [4.78, 5) is 28.0. The minimum absolute atomic E-state index is 0.320. The number of rotatable bonds is 3. The Balaban J connectivity index is 1.65. The first-order valence-electron chi connectivity index (χ1n) is 7.14. The minimum atomic E-state index is -0.704. The molecule has 1 amide bonds. The van der Waals surface area contributed by atoms with Crippen molar-refractivity contribution >= 4 is 40.3 Å². The summed E-state index contributed by atoms with van der Waals surface area (Å²) >= 11 is 1.57. The van der Waals surface area contributed by atoms with E-state index in [0.29, 0.717) is 17.2 Å². The second-order valence-electron chi connectivity index (χ2n) is 5.26. The van der Waals surface area contributed by atoms with Crippen LogP contribution in [0.3, 0.4) is 0 Å². The molecule has 3 aromatic rings. The van der Waals surface area contributed by atoms with Gasteiger partial charge >= 0.3 is 0 Å². The van der Waals surface area contributed by atoms with Gasteiger partial charge in [0.25, 0.3) is 11.7 Å². The molecule has 2 N–H and O–H groups in total. The molecule has 0 radical (unpaired) electrons. The number of aryl methyl sites for hydroxylation is 1. The molecule has 1 aliphatic heterocycles. The summed E-state index contributed by atoms with van der Waals surface area (Å²) in [5, 5.41) is 12.0. The van der Waals surface area contributed by atoms with Crippen molar-refractivity contribution in [2.75, 3.05) is 11.1 Å². The van der Waals surface area contributed by atoms with E-state index in [9.17, 15) is 9.59 Å². The van der Waals surface area contributed by atoms with Crippen LogP contribution in [-0.4, -0.2) is 37.2 Å². The molecular weight excluding hydrogens is 314 g/mol. The van der Waals surface area contributed by atoms with Gasteiger partial charge in [0.1, 0.15) is 0 Å². The molecule has 0 saturated carbocycles. The normalized spacial score (nSPS) is 13.3. The van der Waals surface area contributed by atoms with Crippen LogP contribution in [0, 0.1) is 6.92 Å². The Morgan fingerprint density at radius 1 is 1.30 bits per heavy atom. The Morgan fingerprint density at radius 2 is 2.13 bits per heavy atom. The molecule has 0 fully saturated rings. The van der Waals surface area contributed by atoms with Gasteiger partial charge in [0.2, 0.25) is 5.95 Å². The maximum absolute atomic E-state index is 12.6. The number of aromatic amines is 1. The Labute approximate surface area is 135 Å². The van der Waals surface area contributed by atoms with E-state index < -0.39 is 11.7 Å². The van der Waals surface area contributed by atoms with Crippen molar-refractivity contribution in [1.82, 2.24) is 19.7 Å². The quantitative estimate of drug-likeness (QED) is 0.567. The van der Waals surface area contributed by atoms with Crippen LogP contribution in [0.15, 0.2) is 29.4 Å². The summed E-state index contributed by atoms with van der Waals surface area (Å²) in [6, 6.07) is 7.42. The predicted molar refractivity (Wildman–Crippen MR) is 86.7 cm³/mol. The number of amides is 1. The molecule has 0 saturated heterocycles. The van der Waals surface area contributed by atoms with Crippen LogP contribution >= 0.6 is 11.8 Å². The summed E-state index contributed by atoms with van der Waals surface area (Å²) in [6.45, 7) is 2.51. The first-order chi connectivity index (χ1) is 11.1. The van der Waals surface area contributed by atoms with Gasteiger partial charge in [-0.2, -0.15) is 0 Å². The standard InChI is InChI=1S/C15H13N5O2S/c1-8-11(9-4-2-3-5-10(9)16-8)12(21)13(22)17-14-18-19-15-20(14)6-7-23-15/h2-5,16H,6-7H2,1H3,(H,17,18,22). The molecule has 7 nitrogen and oxygen atoms in total. The fraction of sp³-hybridized carbons (Fsp3) is 0.200. The fourth-order valence-electron chi connectivity index (χ4n) is 2.76. The third kappa shape index (κ3) is 2.22. The Morgan fingerprint density at radius 3 is 3.00 bits per heavy atom. The lowest BCUT2D eigenvalue weighted by atomic mass is 10.1. The number of para-hydroxylation sites is 1. The van der Waals surface area contributed by atoms with Gasteiger partial charge in [-0.25, -0.2) is 0 Å². The van der Waals surface area contributed by atoms with Crippen molar-refractivity contribution in [3.63, 3.8) is 0 Å². The number of ketones is 1. The van der Waals surface area contributed by atoms with E-state index in [1.54, 1.807) is 23.3 Å². The highest BCUT2D eigenvalue weighted by Gasteiger charge is 2.26. The molecule has 0 unspecified atom stereocenters. The number of hydrogen-bond acceptors (Lipinski definition) is 5. The van der Waals surface area contributed by atoms with Gasteiger partial charge in [0.15, 0.2) is 5.16 Å². The predicted octanol–water partition coefficient (Wildman–Crippen LogP) is 1.99. The topological polar surface area (TPSA) is 92.7 Å². The Kier molecular flexibility index (Phi) is 3.19. The zero-order valence-electron chi connectivity index (χ0n) is 12.3.